The predicted octanol–water partition coefficient (Wildman–Crippen LogP) is 3.55. The first-order chi connectivity index (χ1) is 13.1. The molecule has 27 heavy (non-hydrogen) atoms. The van der Waals surface area contributed by atoms with E-state index in [1.165, 1.54) is 6.42 Å². The van der Waals surface area contributed by atoms with Crippen molar-refractivity contribution in [3.05, 3.63) is 29.8 Å². The minimum absolute atomic E-state index is 0.130. The lowest BCUT2D eigenvalue weighted by molar-refractivity contribution is -0.145. The number of piperidine rings is 1. The normalized spacial score (nSPS) is 28.3. The Balaban J connectivity index is 1.33. The third-order valence-electron chi connectivity index (χ3n) is 6.73. The minimum Gasteiger partial charge on any atom is -0.508 e. The molecule has 2 unspecified atom stereocenters. The van der Waals surface area contributed by atoms with Crippen molar-refractivity contribution in [2.75, 3.05) is 19.7 Å². The molecule has 4 nitrogen and oxygen atoms in total. The zero-order valence-electron chi connectivity index (χ0n) is 16.1. The largest absolute Gasteiger partial charge is 0.508 e. The molecule has 1 aliphatic heterocycles. The van der Waals surface area contributed by atoms with E-state index in [1.54, 1.807) is 12.1 Å². The van der Waals surface area contributed by atoms with Gasteiger partial charge in [-0.1, -0.05) is 42.9 Å². The van der Waals surface area contributed by atoms with Gasteiger partial charge in [-0.25, -0.2) is 0 Å². The zero-order chi connectivity index (χ0) is 18.8. The maximum absolute atomic E-state index is 12.8. The number of fused-ring (bicyclic) bond motifs is 1. The van der Waals surface area contributed by atoms with E-state index in [0.717, 1.165) is 50.6 Å². The van der Waals surface area contributed by atoms with Gasteiger partial charge in [-0.2, -0.15) is 0 Å². The van der Waals surface area contributed by atoms with Crippen LogP contribution in [0.4, 0.5) is 0 Å². The van der Waals surface area contributed by atoms with Crippen molar-refractivity contribution in [2.45, 2.75) is 51.0 Å². The summed E-state index contributed by atoms with van der Waals surface area (Å²) in [7, 11) is 0. The Morgan fingerprint density at radius 1 is 1.30 bits per heavy atom. The number of nitrogens with zero attached hydrogens (tertiary/aromatic N) is 1. The summed E-state index contributed by atoms with van der Waals surface area (Å²) in [5.74, 6) is 7.73. The second kappa shape index (κ2) is 7.94. The maximum atomic E-state index is 12.8. The van der Waals surface area contributed by atoms with Crippen LogP contribution in [0.15, 0.2) is 24.3 Å². The smallest absolute Gasteiger partial charge is 0.314 e. The highest BCUT2D eigenvalue weighted by Gasteiger charge is 2.49. The van der Waals surface area contributed by atoms with E-state index < -0.39 is 0 Å². The van der Waals surface area contributed by atoms with Crippen molar-refractivity contribution in [1.29, 1.82) is 0 Å². The topological polar surface area (TPSA) is 49.8 Å². The fraction of sp³-hybridized carbons (Fsp3) is 0.609. The number of carbonyl (C=O) groups is 1. The van der Waals surface area contributed by atoms with Gasteiger partial charge in [0.15, 0.2) is 6.61 Å². The standard InChI is InChI=1S/C23H29NO3/c1-16-20-14-18(20)15-24(16)12-6-7-13-27-23(26)22(17-8-2-3-9-17)19-10-4-5-11-21(19)25/h4-5,10-11,16-18,20,22,25H,2-3,8-9,12-15H2,1H3/t16?,18-,20+,22?/m0/s1. The molecule has 0 aromatic heterocycles. The second-order valence-electron chi connectivity index (χ2n) is 8.37. The fourth-order valence-electron chi connectivity index (χ4n) is 5.04. The molecule has 144 valence electrons. The molecule has 1 saturated heterocycles. The van der Waals surface area contributed by atoms with Gasteiger partial charge < -0.3 is 9.84 Å². The van der Waals surface area contributed by atoms with Crippen LogP contribution in [0.5, 0.6) is 5.75 Å². The van der Waals surface area contributed by atoms with Crippen LogP contribution in [-0.4, -0.2) is 41.7 Å². The van der Waals surface area contributed by atoms with E-state index in [2.05, 4.69) is 23.7 Å². The lowest BCUT2D eigenvalue weighted by Crippen LogP contribution is -2.30. The van der Waals surface area contributed by atoms with Gasteiger partial charge in [0.05, 0.1) is 12.5 Å². The SMILES string of the molecule is CC1[C@H]2C[C@H]2CN1CC#CCOC(=O)C(c1ccccc1O)C1CCCC1. The van der Waals surface area contributed by atoms with Crippen molar-refractivity contribution in [3.63, 3.8) is 0 Å². The number of aromatic hydroxyl groups is 1. The van der Waals surface area contributed by atoms with Crippen molar-refractivity contribution in [3.8, 4) is 17.6 Å². The number of phenolic OH excluding ortho intramolecular Hbond substituents is 1. The highest BCUT2D eigenvalue weighted by Crippen LogP contribution is 2.49. The third kappa shape index (κ3) is 3.99. The minimum atomic E-state index is -0.388. The maximum Gasteiger partial charge on any atom is 0.314 e. The first kappa shape index (κ1) is 18.4. The molecule has 0 spiro atoms. The number of benzene rings is 1. The fourth-order valence-corrected chi connectivity index (χ4v) is 5.04. The number of esters is 1. The third-order valence-corrected chi connectivity index (χ3v) is 6.73. The van der Waals surface area contributed by atoms with E-state index in [-0.39, 0.29) is 30.2 Å². The van der Waals surface area contributed by atoms with Crippen LogP contribution in [0.25, 0.3) is 0 Å². The lowest BCUT2D eigenvalue weighted by Gasteiger charge is -2.22. The van der Waals surface area contributed by atoms with Gasteiger partial charge in [0, 0.05) is 18.2 Å². The molecule has 1 aromatic carbocycles. The average molecular weight is 367 g/mol. The van der Waals surface area contributed by atoms with E-state index in [1.807, 2.05) is 12.1 Å². The van der Waals surface area contributed by atoms with Crippen molar-refractivity contribution < 1.29 is 14.6 Å². The average Bonchev–Trinajstić information content (AvgIpc) is 3.08. The molecule has 4 heteroatoms. The number of hydrogen-bond donors (Lipinski definition) is 1. The van der Waals surface area contributed by atoms with Gasteiger partial charge in [-0.3, -0.25) is 9.69 Å². The Kier molecular flexibility index (Phi) is 5.41. The number of rotatable bonds is 5. The van der Waals surface area contributed by atoms with E-state index in [9.17, 15) is 9.90 Å². The first-order valence-corrected chi connectivity index (χ1v) is 10.3. The quantitative estimate of drug-likeness (QED) is 0.639. The molecule has 4 rings (SSSR count). The Morgan fingerprint density at radius 2 is 2.07 bits per heavy atom. The molecule has 3 aliphatic rings. The van der Waals surface area contributed by atoms with Crippen LogP contribution in [0.2, 0.25) is 0 Å². The zero-order valence-corrected chi connectivity index (χ0v) is 16.1. The summed E-state index contributed by atoms with van der Waals surface area (Å²) in [5, 5.41) is 10.2. The van der Waals surface area contributed by atoms with Crippen LogP contribution < -0.4 is 0 Å². The molecule has 3 fully saturated rings. The van der Waals surface area contributed by atoms with Gasteiger partial charge in [0.1, 0.15) is 5.75 Å². The van der Waals surface area contributed by atoms with Gasteiger partial charge in [-0.05, 0) is 50.0 Å². The first-order valence-electron chi connectivity index (χ1n) is 10.3. The summed E-state index contributed by atoms with van der Waals surface area (Å²) in [6, 6.07) is 7.77. The summed E-state index contributed by atoms with van der Waals surface area (Å²) < 4.78 is 5.51. The van der Waals surface area contributed by atoms with Crippen LogP contribution in [0.1, 0.15) is 50.5 Å². The molecular formula is C23H29NO3. The van der Waals surface area contributed by atoms with Gasteiger partial charge in [0.2, 0.25) is 0 Å². The van der Waals surface area contributed by atoms with Crippen molar-refractivity contribution >= 4 is 5.97 Å². The van der Waals surface area contributed by atoms with Crippen LogP contribution in [-0.2, 0) is 9.53 Å². The number of phenols is 1. The van der Waals surface area contributed by atoms with E-state index >= 15 is 0 Å². The summed E-state index contributed by atoms with van der Waals surface area (Å²) in [4.78, 5) is 15.2. The molecule has 1 N–H and O–H groups in total. The van der Waals surface area contributed by atoms with Crippen LogP contribution in [0.3, 0.4) is 0 Å². The predicted molar refractivity (Wildman–Crippen MR) is 104 cm³/mol. The Bertz CT molecular complexity index is 743. The number of ether oxygens (including phenoxy) is 1. The van der Waals surface area contributed by atoms with Crippen LogP contribution in [0, 0.1) is 29.6 Å². The molecular weight excluding hydrogens is 338 g/mol. The van der Waals surface area contributed by atoms with E-state index in [0.29, 0.717) is 11.6 Å². The number of para-hydroxylation sites is 1. The second-order valence-corrected chi connectivity index (χ2v) is 8.37. The molecule has 2 aliphatic carbocycles. The van der Waals surface area contributed by atoms with Crippen LogP contribution >= 0.6 is 0 Å². The van der Waals surface area contributed by atoms with Crippen molar-refractivity contribution in [2.24, 2.45) is 17.8 Å². The summed E-state index contributed by atoms with van der Waals surface area (Å²) in [6.45, 7) is 4.34. The molecule has 4 atom stereocenters. The van der Waals surface area contributed by atoms with Gasteiger partial charge in [0.25, 0.3) is 0 Å². The van der Waals surface area contributed by atoms with Gasteiger partial charge in [-0.15, -0.1) is 0 Å². The molecule has 0 bridgehead atoms. The molecule has 1 heterocycles. The molecule has 0 radical (unpaired) electrons. The Labute approximate surface area is 161 Å². The monoisotopic (exact) mass is 367 g/mol. The van der Waals surface area contributed by atoms with Crippen molar-refractivity contribution in [1.82, 2.24) is 4.90 Å². The molecule has 1 aromatic rings. The number of carbonyl (C=O) groups excluding carboxylic acids is 1. The van der Waals surface area contributed by atoms with Gasteiger partial charge >= 0.3 is 5.97 Å². The lowest BCUT2D eigenvalue weighted by atomic mass is 9.84. The van der Waals surface area contributed by atoms with E-state index in [4.69, 9.17) is 4.74 Å². The Morgan fingerprint density at radius 3 is 2.78 bits per heavy atom. The molecule has 0 amide bonds. The highest BCUT2D eigenvalue weighted by atomic mass is 16.5. The summed E-state index contributed by atoms with van der Waals surface area (Å²) in [6.07, 6.45) is 5.68. The summed E-state index contributed by atoms with van der Waals surface area (Å²) >= 11 is 0. The number of hydrogen-bond acceptors (Lipinski definition) is 4. The highest BCUT2D eigenvalue weighted by molar-refractivity contribution is 5.79. The molecule has 2 saturated carbocycles. The summed E-state index contributed by atoms with van der Waals surface area (Å²) in [5.41, 5.74) is 0.687. The number of likely N-dealkylation sites (tertiary alicyclic amines) is 1. The Hall–Kier alpha value is -1.99.